The lowest BCUT2D eigenvalue weighted by molar-refractivity contribution is 0.443. The second kappa shape index (κ2) is 3.77. The van der Waals surface area contributed by atoms with E-state index in [0.29, 0.717) is 11.1 Å². The molecule has 0 aliphatic rings. The molecule has 0 radical (unpaired) electrons. The molecule has 0 heterocycles. The standard InChI is InChI=1S/C9H6Br2FN/c1-6-4-7(5-13)2-3-8(6)9(10,11)12/h2-4H,1H3. The van der Waals surface area contributed by atoms with Crippen LogP contribution in [0.2, 0.25) is 0 Å². The second-order valence-corrected chi connectivity index (χ2v) is 5.89. The van der Waals surface area contributed by atoms with Gasteiger partial charge in [-0.3, -0.25) is 0 Å². The Morgan fingerprint density at radius 2 is 2.08 bits per heavy atom. The highest BCUT2D eigenvalue weighted by atomic mass is 79.9. The third-order valence-corrected chi connectivity index (χ3v) is 2.52. The van der Waals surface area contributed by atoms with Crippen molar-refractivity contribution in [1.82, 2.24) is 0 Å². The molecule has 0 saturated heterocycles. The van der Waals surface area contributed by atoms with Crippen LogP contribution in [0.25, 0.3) is 0 Å². The van der Waals surface area contributed by atoms with Crippen molar-refractivity contribution in [2.45, 2.75) is 10.4 Å². The average Bonchev–Trinajstić information content (AvgIpc) is 2.01. The van der Waals surface area contributed by atoms with Gasteiger partial charge in [0.15, 0.2) is 0 Å². The molecule has 1 rings (SSSR count). The van der Waals surface area contributed by atoms with Crippen LogP contribution in [0, 0.1) is 18.3 Å². The summed E-state index contributed by atoms with van der Waals surface area (Å²) in [5.74, 6) is 0. The number of nitriles is 1. The molecule has 0 bridgehead atoms. The maximum absolute atomic E-state index is 13.4. The highest BCUT2D eigenvalue weighted by Gasteiger charge is 2.25. The Balaban J connectivity index is 3.23. The molecular formula is C9H6Br2FN. The Labute approximate surface area is 92.8 Å². The van der Waals surface area contributed by atoms with Gasteiger partial charge in [0.1, 0.15) is 0 Å². The molecule has 0 aliphatic carbocycles. The topological polar surface area (TPSA) is 23.8 Å². The molecule has 0 amide bonds. The minimum atomic E-state index is -1.71. The van der Waals surface area contributed by atoms with Crippen LogP contribution in [-0.4, -0.2) is 0 Å². The smallest absolute Gasteiger partial charge is 0.213 e. The molecular weight excluding hydrogens is 301 g/mol. The first kappa shape index (κ1) is 10.7. The lowest BCUT2D eigenvalue weighted by atomic mass is 10.1. The molecule has 0 saturated carbocycles. The van der Waals surface area contributed by atoms with Gasteiger partial charge in [0.05, 0.1) is 11.6 Å². The third-order valence-electron chi connectivity index (χ3n) is 1.66. The number of rotatable bonds is 1. The third kappa shape index (κ3) is 2.52. The Morgan fingerprint density at radius 3 is 2.46 bits per heavy atom. The van der Waals surface area contributed by atoms with E-state index in [4.69, 9.17) is 5.26 Å². The molecule has 0 unspecified atom stereocenters. The van der Waals surface area contributed by atoms with Gasteiger partial charge in [0.25, 0.3) is 0 Å². The number of alkyl halides is 3. The SMILES string of the molecule is Cc1cc(C#N)ccc1C(F)(Br)Br. The van der Waals surface area contributed by atoms with Crippen molar-refractivity contribution in [1.29, 1.82) is 5.26 Å². The summed E-state index contributed by atoms with van der Waals surface area (Å²) >= 11 is 5.70. The zero-order valence-electron chi connectivity index (χ0n) is 6.81. The summed E-state index contributed by atoms with van der Waals surface area (Å²) in [6, 6.07) is 6.80. The monoisotopic (exact) mass is 305 g/mol. The molecule has 1 aromatic carbocycles. The van der Waals surface area contributed by atoms with Crippen molar-refractivity contribution in [3.8, 4) is 6.07 Å². The first-order valence-corrected chi connectivity index (χ1v) is 5.11. The van der Waals surface area contributed by atoms with Gasteiger partial charge in [0.2, 0.25) is 3.49 Å². The molecule has 68 valence electrons. The fourth-order valence-corrected chi connectivity index (χ4v) is 1.94. The van der Waals surface area contributed by atoms with Crippen molar-refractivity contribution in [3.05, 3.63) is 34.9 Å². The fourth-order valence-electron chi connectivity index (χ4n) is 1.05. The number of aryl methyl sites for hydroxylation is 1. The number of hydrogen-bond donors (Lipinski definition) is 0. The number of halogens is 3. The van der Waals surface area contributed by atoms with E-state index in [1.807, 2.05) is 6.07 Å². The van der Waals surface area contributed by atoms with Crippen LogP contribution in [-0.2, 0) is 3.49 Å². The van der Waals surface area contributed by atoms with Crippen LogP contribution >= 0.6 is 31.9 Å². The van der Waals surface area contributed by atoms with Crippen LogP contribution in [0.5, 0.6) is 0 Å². The predicted octanol–water partition coefficient (Wildman–Crippen LogP) is 3.74. The highest BCUT2D eigenvalue weighted by molar-refractivity contribution is 9.24. The normalized spacial score (nSPS) is 11.0. The van der Waals surface area contributed by atoms with Gasteiger partial charge in [0, 0.05) is 5.56 Å². The van der Waals surface area contributed by atoms with Gasteiger partial charge in [-0.1, -0.05) is 6.07 Å². The molecule has 0 spiro atoms. The Kier molecular flexibility index (Phi) is 3.09. The Morgan fingerprint density at radius 1 is 1.46 bits per heavy atom. The number of benzene rings is 1. The molecule has 0 fully saturated rings. The maximum atomic E-state index is 13.4. The van der Waals surface area contributed by atoms with E-state index in [9.17, 15) is 4.39 Å². The van der Waals surface area contributed by atoms with Crippen molar-refractivity contribution < 1.29 is 4.39 Å². The molecule has 1 nitrogen and oxygen atoms in total. The second-order valence-electron chi connectivity index (χ2n) is 2.64. The van der Waals surface area contributed by atoms with Crippen LogP contribution in [0.4, 0.5) is 4.39 Å². The van der Waals surface area contributed by atoms with Crippen molar-refractivity contribution >= 4 is 31.9 Å². The summed E-state index contributed by atoms with van der Waals surface area (Å²) in [5.41, 5.74) is 1.74. The van der Waals surface area contributed by atoms with Gasteiger partial charge < -0.3 is 0 Å². The van der Waals surface area contributed by atoms with Crippen molar-refractivity contribution in [2.75, 3.05) is 0 Å². The van der Waals surface area contributed by atoms with Crippen LogP contribution in [0.15, 0.2) is 18.2 Å². The van der Waals surface area contributed by atoms with E-state index in [0.717, 1.165) is 5.56 Å². The van der Waals surface area contributed by atoms with Crippen molar-refractivity contribution in [3.63, 3.8) is 0 Å². The van der Waals surface area contributed by atoms with Gasteiger partial charge in [-0.25, -0.2) is 4.39 Å². The quantitative estimate of drug-likeness (QED) is 0.725. The van der Waals surface area contributed by atoms with E-state index in [1.165, 1.54) is 0 Å². The maximum Gasteiger partial charge on any atom is 0.244 e. The Hall–Kier alpha value is -0.400. The highest BCUT2D eigenvalue weighted by Crippen LogP contribution is 2.41. The summed E-state index contributed by atoms with van der Waals surface area (Å²) in [6.07, 6.45) is 0. The first-order chi connectivity index (χ1) is 5.95. The van der Waals surface area contributed by atoms with Gasteiger partial charge in [-0.15, -0.1) is 0 Å². The van der Waals surface area contributed by atoms with Crippen LogP contribution < -0.4 is 0 Å². The molecule has 4 heteroatoms. The number of hydrogen-bond acceptors (Lipinski definition) is 1. The summed E-state index contributed by atoms with van der Waals surface area (Å²) < 4.78 is 11.7. The minimum Gasteiger partial charge on any atom is -0.213 e. The zero-order chi connectivity index (χ0) is 10.1. The molecule has 1 aromatic rings. The van der Waals surface area contributed by atoms with E-state index >= 15 is 0 Å². The van der Waals surface area contributed by atoms with Crippen molar-refractivity contribution in [2.24, 2.45) is 0 Å². The predicted molar refractivity (Wildman–Crippen MR) is 56.5 cm³/mol. The van der Waals surface area contributed by atoms with Crippen LogP contribution in [0.1, 0.15) is 16.7 Å². The molecule has 0 aromatic heterocycles. The summed E-state index contributed by atoms with van der Waals surface area (Å²) in [4.78, 5) is 0. The molecule has 0 aliphatic heterocycles. The largest absolute Gasteiger partial charge is 0.244 e. The van der Waals surface area contributed by atoms with Gasteiger partial charge in [-0.2, -0.15) is 5.26 Å². The average molecular weight is 307 g/mol. The minimum absolute atomic E-state index is 0.478. The van der Waals surface area contributed by atoms with E-state index in [1.54, 1.807) is 25.1 Å². The van der Waals surface area contributed by atoms with Crippen LogP contribution in [0.3, 0.4) is 0 Å². The lowest BCUT2D eigenvalue weighted by Gasteiger charge is -2.13. The van der Waals surface area contributed by atoms with Gasteiger partial charge >= 0.3 is 0 Å². The summed E-state index contributed by atoms with van der Waals surface area (Å²) in [5, 5.41) is 8.59. The number of nitrogens with zero attached hydrogens (tertiary/aromatic N) is 1. The fraction of sp³-hybridized carbons (Fsp3) is 0.222. The lowest BCUT2D eigenvalue weighted by Crippen LogP contribution is -2.02. The summed E-state index contributed by atoms with van der Waals surface area (Å²) in [6.45, 7) is 1.76. The van der Waals surface area contributed by atoms with E-state index < -0.39 is 3.49 Å². The van der Waals surface area contributed by atoms with Gasteiger partial charge in [-0.05, 0) is 56.5 Å². The van der Waals surface area contributed by atoms with E-state index in [2.05, 4.69) is 31.9 Å². The molecule has 0 atom stereocenters. The molecule has 0 N–H and O–H groups in total. The zero-order valence-corrected chi connectivity index (χ0v) is 9.99. The van der Waals surface area contributed by atoms with E-state index in [-0.39, 0.29) is 0 Å². The summed E-state index contributed by atoms with van der Waals surface area (Å²) in [7, 11) is 0. The molecule has 13 heavy (non-hydrogen) atoms. The first-order valence-electron chi connectivity index (χ1n) is 3.53. The Bertz CT molecular complexity index is 363.